The number of aromatic nitrogens is 1. The first-order valence-corrected chi connectivity index (χ1v) is 13.8. The number of pyridine rings is 1. The highest BCUT2D eigenvalue weighted by Gasteiger charge is 2.39. The quantitative estimate of drug-likeness (QED) is 0.144. The fraction of sp³-hybridized carbons (Fsp3) is 0.240. The lowest BCUT2D eigenvalue weighted by atomic mass is 10.1. The number of carbonyl (C=O) groups is 1. The first kappa shape index (κ1) is 23.3. The zero-order valence-electron chi connectivity index (χ0n) is 19.8. The number of carboxylic acid groups (broad SMARTS) is 1. The third-order valence-corrected chi connectivity index (χ3v) is 10.6. The third kappa shape index (κ3) is 4.47. The van der Waals surface area contributed by atoms with E-state index in [1.165, 1.54) is 6.20 Å². The van der Waals surface area contributed by atoms with Crippen molar-refractivity contribution in [3.8, 4) is 5.75 Å². The average Bonchev–Trinajstić information content (AvgIpc) is 3.11. The largest absolute Gasteiger partial charge is 0.543 e. The van der Waals surface area contributed by atoms with Crippen LogP contribution in [0.1, 0.15) is 26.5 Å². The maximum absolute atomic E-state index is 11.1. The van der Waals surface area contributed by atoms with Gasteiger partial charge in [-0.3, -0.25) is 15.7 Å². The Hall–Kier alpha value is -3.85. The number of hydrogen-bond acceptors (Lipinski definition) is 6. The Kier molecular flexibility index (Phi) is 5.82. The summed E-state index contributed by atoms with van der Waals surface area (Å²) in [4.78, 5) is 15.1. The molecule has 0 atom stereocenters. The molecule has 0 saturated heterocycles. The summed E-state index contributed by atoms with van der Waals surface area (Å²) in [6, 6.07) is 13.7. The van der Waals surface area contributed by atoms with Crippen molar-refractivity contribution in [3.63, 3.8) is 0 Å². The summed E-state index contributed by atoms with van der Waals surface area (Å²) >= 11 is 0. The van der Waals surface area contributed by atoms with Crippen LogP contribution >= 0.6 is 0 Å². The van der Waals surface area contributed by atoms with Crippen LogP contribution in [0.25, 0.3) is 21.7 Å². The highest BCUT2D eigenvalue weighted by atomic mass is 28.4. The molecule has 34 heavy (non-hydrogen) atoms. The van der Waals surface area contributed by atoms with Crippen molar-refractivity contribution in [3.05, 3.63) is 60.6 Å². The molecule has 0 aliphatic rings. The number of hydrogen-bond donors (Lipinski definition) is 4. The fourth-order valence-electron chi connectivity index (χ4n) is 3.41. The topological polar surface area (TPSA) is 120 Å². The monoisotopic (exact) mass is 476 g/mol. The molecule has 4 aromatic rings. The average molecular weight is 477 g/mol. The Bertz CT molecular complexity index is 1410. The molecule has 0 fully saturated rings. The van der Waals surface area contributed by atoms with Crippen LogP contribution in [-0.2, 0) is 0 Å². The lowest BCUT2D eigenvalue weighted by Crippen LogP contribution is -2.43. The van der Waals surface area contributed by atoms with Crippen LogP contribution in [0.4, 0.5) is 16.2 Å². The van der Waals surface area contributed by atoms with E-state index < -0.39 is 14.4 Å². The summed E-state index contributed by atoms with van der Waals surface area (Å²) in [5.41, 5.74) is 1.70. The van der Waals surface area contributed by atoms with Crippen LogP contribution in [0.3, 0.4) is 0 Å². The Morgan fingerprint density at radius 1 is 1.15 bits per heavy atom. The number of furan rings is 1. The number of amidine groups is 1. The van der Waals surface area contributed by atoms with E-state index in [0.29, 0.717) is 16.7 Å². The van der Waals surface area contributed by atoms with Gasteiger partial charge in [0.1, 0.15) is 5.75 Å². The summed E-state index contributed by atoms with van der Waals surface area (Å²) in [6.07, 6.45) is 1.81. The van der Waals surface area contributed by atoms with E-state index in [0.717, 1.165) is 22.2 Å². The van der Waals surface area contributed by atoms with E-state index in [1.54, 1.807) is 12.3 Å². The van der Waals surface area contributed by atoms with E-state index in [-0.39, 0.29) is 16.6 Å². The molecule has 4 rings (SSSR count). The van der Waals surface area contributed by atoms with Gasteiger partial charge in [-0.25, -0.2) is 4.79 Å². The zero-order valence-corrected chi connectivity index (χ0v) is 20.8. The Labute approximate surface area is 198 Å². The van der Waals surface area contributed by atoms with Gasteiger partial charge >= 0.3 is 6.09 Å². The lowest BCUT2D eigenvalue weighted by molar-refractivity contribution is 0.200. The Balaban J connectivity index is 1.73. The predicted molar refractivity (Wildman–Crippen MR) is 137 cm³/mol. The smallest absolute Gasteiger partial charge is 0.410 e. The second-order valence-corrected chi connectivity index (χ2v) is 14.4. The number of fused-ring (bicyclic) bond motifs is 2. The molecule has 8 nitrogen and oxygen atoms in total. The van der Waals surface area contributed by atoms with Gasteiger partial charge in [-0.2, -0.15) is 0 Å². The number of rotatable bonds is 5. The minimum atomic E-state index is -2.01. The molecule has 0 bridgehead atoms. The van der Waals surface area contributed by atoms with Gasteiger partial charge in [-0.05, 0) is 53.9 Å². The van der Waals surface area contributed by atoms with Crippen LogP contribution in [0.5, 0.6) is 5.75 Å². The van der Waals surface area contributed by atoms with Crippen molar-refractivity contribution in [1.82, 2.24) is 10.3 Å². The molecular formula is C25H28N4O4Si. The fourth-order valence-corrected chi connectivity index (χ4v) is 4.44. The second kappa shape index (κ2) is 8.49. The molecule has 0 saturated carbocycles. The number of nitrogens with zero attached hydrogens (tertiary/aromatic N) is 1. The molecule has 0 aliphatic heterocycles. The summed E-state index contributed by atoms with van der Waals surface area (Å²) in [5.74, 6) is 0.584. The number of nitrogens with one attached hydrogen (secondary N) is 3. The third-order valence-electron chi connectivity index (χ3n) is 6.23. The normalized spacial score (nSPS) is 12.0. The van der Waals surface area contributed by atoms with Crippen molar-refractivity contribution in [2.75, 3.05) is 5.32 Å². The van der Waals surface area contributed by atoms with Crippen LogP contribution in [0, 0.1) is 5.41 Å². The molecule has 0 radical (unpaired) electrons. The van der Waals surface area contributed by atoms with Gasteiger partial charge in [0, 0.05) is 22.7 Å². The summed E-state index contributed by atoms with van der Waals surface area (Å²) in [5, 5.41) is 25.3. The predicted octanol–water partition coefficient (Wildman–Crippen LogP) is 6.70. The summed E-state index contributed by atoms with van der Waals surface area (Å²) in [7, 11) is -2.01. The highest BCUT2D eigenvalue weighted by Crippen LogP contribution is 2.40. The Morgan fingerprint density at radius 3 is 2.62 bits per heavy atom. The van der Waals surface area contributed by atoms with Gasteiger partial charge < -0.3 is 19.3 Å². The summed E-state index contributed by atoms with van der Waals surface area (Å²) < 4.78 is 12.3. The van der Waals surface area contributed by atoms with Crippen molar-refractivity contribution in [2.45, 2.75) is 38.9 Å². The van der Waals surface area contributed by atoms with E-state index >= 15 is 0 Å². The molecule has 2 heterocycles. The van der Waals surface area contributed by atoms with Gasteiger partial charge in [-0.1, -0.05) is 32.9 Å². The molecular weight excluding hydrogens is 448 g/mol. The minimum Gasteiger partial charge on any atom is -0.543 e. The van der Waals surface area contributed by atoms with Crippen LogP contribution in [-0.4, -0.2) is 30.3 Å². The van der Waals surface area contributed by atoms with Gasteiger partial charge in [0.05, 0.1) is 11.9 Å². The number of amides is 1. The van der Waals surface area contributed by atoms with E-state index in [9.17, 15) is 4.79 Å². The van der Waals surface area contributed by atoms with Crippen molar-refractivity contribution < 1.29 is 18.7 Å². The minimum absolute atomic E-state index is 0.0821. The molecule has 176 valence electrons. The maximum atomic E-state index is 11.1. The van der Waals surface area contributed by atoms with Crippen molar-refractivity contribution in [2.24, 2.45) is 0 Å². The number of anilines is 2. The molecule has 0 spiro atoms. The zero-order chi connectivity index (χ0) is 24.7. The van der Waals surface area contributed by atoms with Gasteiger partial charge in [-0.15, -0.1) is 0 Å². The first-order valence-electron chi connectivity index (χ1n) is 10.9. The highest BCUT2D eigenvalue weighted by molar-refractivity contribution is 6.74. The first-order chi connectivity index (χ1) is 16.0. The molecule has 4 N–H and O–H groups in total. The number of benzene rings is 2. The van der Waals surface area contributed by atoms with Crippen LogP contribution in [0.2, 0.25) is 18.1 Å². The lowest BCUT2D eigenvalue weighted by Gasteiger charge is -2.36. The van der Waals surface area contributed by atoms with Gasteiger partial charge in [0.2, 0.25) is 0 Å². The molecule has 0 unspecified atom stereocenters. The van der Waals surface area contributed by atoms with Crippen molar-refractivity contribution in [1.29, 1.82) is 5.41 Å². The van der Waals surface area contributed by atoms with Crippen LogP contribution in [0.15, 0.2) is 59.3 Å². The summed E-state index contributed by atoms with van der Waals surface area (Å²) in [6.45, 7) is 11.1. The van der Waals surface area contributed by atoms with E-state index in [2.05, 4.69) is 49.5 Å². The SMILES string of the molecule is CC(C)(C)[Si](C)(C)Oc1cccc2cc(Nc3c(C(=N)NC(=O)O)oc4cnccc34)ccc12. The van der Waals surface area contributed by atoms with Crippen molar-refractivity contribution >= 4 is 53.4 Å². The van der Waals surface area contributed by atoms with Gasteiger partial charge in [0.25, 0.3) is 8.32 Å². The van der Waals surface area contributed by atoms with Gasteiger partial charge in [0.15, 0.2) is 17.2 Å². The van der Waals surface area contributed by atoms with E-state index in [1.807, 2.05) is 36.4 Å². The van der Waals surface area contributed by atoms with Crippen LogP contribution < -0.4 is 15.1 Å². The molecule has 2 aromatic heterocycles. The molecule has 1 amide bonds. The second-order valence-electron chi connectivity index (χ2n) is 9.66. The van der Waals surface area contributed by atoms with E-state index in [4.69, 9.17) is 19.4 Å². The standard InChI is InChI=1S/C25H28N4O4Si/c1-25(2,3)34(4,5)33-19-8-6-7-15-13-16(9-10-17(15)19)28-21-18-11-12-27-14-20(18)32-22(21)23(26)29-24(30)31/h6-14,28H,1-5H3,(H2,26,29)(H,30,31). The molecule has 0 aliphatic carbocycles. The molecule has 2 aromatic carbocycles. The maximum Gasteiger partial charge on any atom is 0.410 e. The Morgan fingerprint density at radius 2 is 1.91 bits per heavy atom. The molecule has 9 heteroatoms.